The predicted octanol–water partition coefficient (Wildman–Crippen LogP) is 4.03. The van der Waals surface area contributed by atoms with Gasteiger partial charge in [0.25, 0.3) is 5.91 Å². The Morgan fingerprint density at radius 2 is 1.97 bits per heavy atom. The van der Waals surface area contributed by atoms with Crippen molar-refractivity contribution in [1.82, 2.24) is 20.4 Å². The minimum absolute atomic E-state index is 0.114. The molecular weight excluding hydrogens is 429 g/mol. The SMILES string of the molecule is Cn1ncc(Cl)c1-c1ccc(C(=O)N[C@@H]2CNCC[C@H]2c2ccc(F)c(F)c2)c(F)c1. The van der Waals surface area contributed by atoms with Gasteiger partial charge in [-0.3, -0.25) is 9.48 Å². The summed E-state index contributed by atoms with van der Waals surface area (Å²) in [6, 6.07) is 7.57. The van der Waals surface area contributed by atoms with Crippen LogP contribution >= 0.6 is 11.6 Å². The fourth-order valence-electron chi connectivity index (χ4n) is 3.98. The van der Waals surface area contributed by atoms with E-state index in [0.29, 0.717) is 41.4 Å². The first-order chi connectivity index (χ1) is 14.8. The third kappa shape index (κ3) is 4.31. The van der Waals surface area contributed by atoms with E-state index < -0.39 is 29.4 Å². The summed E-state index contributed by atoms with van der Waals surface area (Å²) in [5, 5.41) is 10.4. The van der Waals surface area contributed by atoms with Gasteiger partial charge in [0.15, 0.2) is 11.6 Å². The molecule has 162 valence electrons. The lowest BCUT2D eigenvalue weighted by Gasteiger charge is -2.33. The van der Waals surface area contributed by atoms with Crippen LogP contribution in [0.25, 0.3) is 11.3 Å². The van der Waals surface area contributed by atoms with Crippen molar-refractivity contribution in [2.75, 3.05) is 13.1 Å². The van der Waals surface area contributed by atoms with Crippen LogP contribution < -0.4 is 10.6 Å². The molecule has 2 aromatic carbocycles. The highest BCUT2D eigenvalue weighted by atomic mass is 35.5. The highest BCUT2D eigenvalue weighted by molar-refractivity contribution is 6.33. The maximum atomic E-state index is 14.8. The quantitative estimate of drug-likeness (QED) is 0.633. The van der Waals surface area contributed by atoms with Crippen LogP contribution in [0.15, 0.2) is 42.6 Å². The van der Waals surface area contributed by atoms with Gasteiger partial charge in [0.1, 0.15) is 5.82 Å². The average molecular weight is 449 g/mol. The van der Waals surface area contributed by atoms with Crippen molar-refractivity contribution in [3.05, 3.63) is 76.2 Å². The van der Waals surface area contributed by atoms with Crippen LogP contribution in [-0.2, 0) is 7.05 Å². The smallest absolute Gasteiger partial charge is 0.254 e. The van der Waals surface area contributed by atoms with E-state index in [2.05, 4.69) is 15.7 Å². The molecule has 0 unspecified atom stereocenters. The number of nitrogens with one attached hydrogen (secondary N) is 2. The summed E-state index contributed by atoms with van der Waals surface area (Å²) in [5.74, 6) is -3.36. The lowest BCUT2D eigenvalue weighted by molar-refractivity contribution is 0.0920. The monoisotopic (exact) mass is 448 g/mol. The molecule has 1 fully saturated rings. The zero-order valence-electron chi connectivity index (χ0n) is 16.6. The Morgan fingerprint density at radius 1 is 1.16 bits per heavy atom. The van der Waals surface area contributed by atoms with E-state index in [1.54, 1.807) is 13.1 Å². The standard InChI is InChI=1S/C22H20ClF3N4O/c1-30-21(16(23)10-28-30)13-2-4-15(18(25)9-13)22(31)29-20-11-27-7-6-14(20)12-3-5-17(24)19(26)8-12/h2-5,8-10,14,20,27H,6-7,11H2,1H3,(H,29,31)/t14-,20+/m0/s1. The van der Waals surface area contributed by atoms with Gasteiger partial charge in [0, 0.05) is 31.1 Å². The highest BCUT2D eigenvalue weighted by Gasteiger charge is 2.29. The van der Waals surface area contributed by atoms with Gasteiger partial charge >= 0.3 is 0 Å². The van der Waals surface area contributed by atoms with Gasteiger partial charge in [-0.2, -0.15) is 5.10 Å². The molecular formula is C22H20ClF3N4O. The zero-order chi connectivity index (χ0) is 22.1. The lowest BCUT2D eigenvalue weighted by atomic mass is 9.85. The summed E-state index contributed by atoms with van der Waals surface area (Å²) in [6.45, 7) is 1.10. The highest BCUT2D eigenvalue weighted by Crippen LogP contribution is 2.30. The molecule has 1 amide bonds. The summed E-state index contributed by atoms with van der Waals surface area (Å²) >= 11 is 6.12. The molecule has 0 bridgehead atoms. The number of nitrogens with zero attached hydrogens (tertiary/aromatic N) is 2. The first-order valence-corrected chi connectivity index (χ1v) is 10.2. The second kappa shape index (κ2) is 8.72. The van der Waals surface area contributed by atoms with Crippen molar-refractivity contribution in [3.8, 4) is 11.3 Å². The van der Waals surface area contributed by atoms with Gasteiger partial charge in [-0.1, -0.05) is 23.7 Å². The molecule has 31 heavy (non-hydrogen) atoms. The van der Waals surface area contributed by atoms with Crippen molar-refractivity contribution in [2.45, 2.75) is 18.4 Å². The summed E-state index contributed by atoms with van der Waals surface area (Å²) in [6.07, 6.45) is 2.08. The van der Waals surface area contributed by atoms with Crippen LogP contribution in [-0.4, -0.2) is 34.8 Å². The van der Waals surface area contributed by atoms with E-state index in [-0.39, 0.29) is 11.5 Å². The summed E-state index contributed by atoms with van der Waals surface area (Å²) in [4.78, 5) is 12.8. The van der Waals surface area contributed by atoms with Crippen LogP contribution in [0, 0.1) is 17.5 Å². The molecule has 1 aliphatic rings. The maximum absolute atomic E-state index is 14.8. The Bertz CT molecular complexity index is 1110. The van der Waals surface area contributed by atoms with E-state index in [0.717, 1.165) is 12.1 Å². The fourth-order valence-corrected chi connectivity index (χ4v) is 4.26. The molecule has 0 aliphatic carbocycles. The molecule has 9 heteroatoms. The number of hydrogen-bond acceptors (Lipinski definition) is 3. The van der Waals surface area contributed by atoms with Crippen molar-refractivity contribution in [2.24, 2.45) is 7.05 Å². The van der Waals surface area contributed by atoms with Gasteiger partial charge < -0.3 is 10.6 Å². The molecule has 5 nitrogen and oxygen atoms in total. The number of benzene rings is 2. The maximum Gasteiger partial charge on any atom is 0.254 e. The third-order valence-corrected chi connectivity index (χ3v) is 5.83. The second-order valence-corrected chi connectivity index (χ2v) is 7.92. The Labute approximate surface area is 182 Å². The minimum Gasteiger partial charge on any atom is -0.347 e. The lowest BCUT2D eigenvalue weighted by Crippen LogP contribution is -2.50. The van der Waals surface area contributed by atoms with E-state index in [1.807, 2.05) is 0 Å². The Kier molecular flexibility index (Phi) is 6.02. The molecule has 0 saturated carbocycles. The van der Waals surface area contributed by atoms with Crippen LogP contribution in [0.2, 0.25) is 5.02 Å². The minimum atomic E-state index is -0.934. The average Bonchev–Trinajstić information content (AvgIpc) is 3.08. The molecule has 2 atom stereocenters. The normalized spacial score (nSPS) is 18.7. The first-order valence-electron chi connectivity index (χ1n) is 9.79. The zero-order valence-corrected chi connectivity index (χ0v) is 17.4. The Hall–Kier alpha value is -2.84. The molecule has 1 aliphatic heterocycles. The van der Waals surface area contributed by atoms with Gasteiger partial charge in [-0.25, -0.2) is 13.2 Å². The molecule has 0 spiro atoms. The number of rotatable bonds is 4. The van der Waals surface area contributed by atoms with Crippen molar-refractivity contribution < 1.29 is 18.0 Å². The molecule has 2 heterocycles. The molecule has 4 rings (SSSR count). The number of aromatic nitrogens is 2. The number of carbonyl (C=O) groups is 1. The number of amides is 1. The number of hydrogen-bond donors (Lipinski definition) is 2. The molecule has 0 radical (unpaired) electrons. The second-order valence-electron chi connectivity index (χ2n) is 7.51. The van der Waals surface area contributed by atoms with Gasteiger partial charge in [0.2, 0.25) is 0 Å². The topological polar surface area (TPSA) is 59.0 Å². The van der Waals surface area contributed by atoms with Crippen molar-refractivity contribution in [1.29, 1.82) is 0 Å². The van der Waals surface area contributed by atoms with Gasteiger partial charge in [0.05, 0.1) is 22.5 Å². The fraction of sp³-hybridized carbons (Fsp3) is 0.273. The number of carbonyl (C=O) groups excluding carboxylic acids is 1. The van der Waals surface area contributed by atoms with E-state index in [9.17, 15) is 18.0 Å². The number of piperidine rings is 1. The molecule has 1 aromatic heterocycles. The van der Waals surface area contributed by atoms with Crippen LogP contribution in [0.4, 0.5) is 13.2 Å². The number of halogens is 4. The Balaban J connectivity index is 1.55. The van der Waals surface area contributed by atoms with Crippen molar-refractivity contribution in [3.63, 3.8) is 0 Å². The largest absolute Gasteiger partial charge is 0.347 e. The summed E-state index contributed by atoms with van der Waals surface area (Å²) in [5.41, 5.74) is 1.52. The summed E-state index contributed by atoms with van der Waals surface area (Å²) < 4.78 is 43.3. The van der Waals surface area contributed by atoms with E-state index in [1.165, 1.54) is 29.1 Å². The number of aryl methyl sites for hydroxylation is 1. The third-order valence-electron chi connectivity index (χ3n) is 5.55. The first kappa shape index (κ1) is 21.4. The van der Waals surface area contributed by atoms with Crippen LogP contribution in [0.1, 0.15) is 28.3 Å². The molecule has 3 aromatic rings. The van der Waals surface area contributed by atoms with Crippen LogP contribution in [0.3, 0.4) is 0 Å². The molecule has 2 N–H and O–H groups in total. The Morgan fingerprint density at radius 3 is 2.65 bits per heavy atom. The summed E-state index contributed by atoms with van der Waals surface area (Å²) in [7, 11) is 1.69. The van der Waals surface area contributed by atoms with Crippen LogP contribution in [0.5, 0.6) is 0 Å². The predicted molar refractivity (Wildman–Crippen MR) is 111 cm³/mol. The van der Waals surface area contributed by atoms with Gasteiger partial charge in [-0.05, 0) is 42.8 Å². The van der Waals surface area contributed by atoms with E-state index in [4.69, 9.17) is 11.6 Å². The van der Waals surface area contributed by atoms with Crippen molar-refractivity contribution >= 4 is 17.5 Å². The van der Waals surface area contributed by atoms with Gasteiger partial charge in [-0.15, -0.1) is 0 Å². The molecule has 1 saturated heterocycles. The van der Waals surface area contributed by atoms with E-state index >= 15 is 0 Å².